The minimum Gasteiger partial charge on any atom is -0.337 e. The molecule has 9 heteroatoms. The number of hydrogen-bond acceptors (Lipinski definition) is 2. The Morgan fingerprint density at radius 2 is 1.94 bits per heavy atom. The van der Waals surface area contributed by atoms with Crippen LogP contribution in [0, 0.1) is 0 Å². The van der Waals surface area contributed by atoms with E-state index in [4.69, 9.17) is 0 Å². The largest absolute Gasteiger partial charge is 0.463 e. The van der Waals surface area contributed by atoms with Gasteiger partial charge in [0.25, 0.3) is 0 Å². The summed E-state index contributed by atoms with van der Waals surface area (Å²) in [7, 11) is 2.39. The molecule has 0 aliphatic carbocycles. The second-order valence-electron chi connectivity index (χ2n) is 3.69. The lowest BCUT2D eigenvalue weighted by Gasteiger charge is -2.24. The number of nitrogens with zero attached hydrogens (tertiary/aromatic N) is 3. The number of halogens is 5. The highest BCUT2D eigenvalue weighted by atomic mass is 19.4. The van der Waals surface area contributed by atoms with Gasteiger partial charge in [-0.2, -0.15) is 22.0 Å². The van der Waals surface area contributed by atoms with Gasteiger partial charge >= 0.3 is 18.0 Å². The Hall–Kier alpha value is -1.67. The zero-order valence-electron chi connectivity index (χ0n) is 9.50. The molecule has 0 aliphatic rings. The van der Waals surface area contributed by atoms with Gasteiger partial charge in [-0.1, -0.05) is 0 Å². The highest BCUT2D eigenvalue weighted by Gasteiger charge is 2.64. The molecule has 0 radical (unpaired) electrons. The molecule has 0 fully saturated rings. The van der Waals surface area contributed by atoms with Gasteiger partial charge in [-0.05, 0) is 0 Å². The van der Waals surface area contributed by atoms with Gasteiger partial charge in [-0.3, -0.25) is 4.79 Å². The zero-order valence-corrected chi connectivity index (χ0v) is 9.50. The first-order valence-corrected chi connectivity index (χ1v) is 4.73. The van der Waals surface area contributed by atoms with Gasteiger partial charge < -0.3 is 9.47 Å². The minimum absolute atomic E-state index is 0.198. The van der Waals surface area contributed by atoms with E-state index in [-0.39, 0.29) is 10.7 Å². The molecule has 1 aromatic rings. The van der Waals surface area contributed by atoms with E-state index in [1.807, 2.05) is 0 Å². The highest BCUT2D eigenvalue weighted by Crippen LogP contribution is 2.36. The predicted molar refractivity (Wildman–Crippen MR) is 50.7 cm³/mol. The fraction of sp³-hybridized carbons (Fsp3) is 0.556. The molecule has 0 atom stereocenters. The molecule has 0 aliphatic heterocycles. The fourth-order valence-electron chi connectivity index (χ4n) is 1.19. The van der Waals surface area contributed by atoms with Gasteiger partial charge in [-0.15, -0.1) is 0 Å². The Morgan fingerprint density at radius 1 is 1.39 bits per heavy atom. The number of carbonyl (C=O) groups excluding carboxylic acids is 1. The first kappa shape index (κ1) is 14.4. The quantitative estimate of drug-likeness (QED) is 0.783. The standard InChI is InChI=1S/C9H10F5N3O/c1-16-4-3-15-6(16)5-17(2)7(18)8(10,11)9(12,13)14/h3-4H,5H2,1-2H3. The average molecular weight is 271 g/mol. The normalized spacial score (nSPS) is 12.6. The van der Waals surface area contributed by atoms with Crippen LogP contribution in [0.1, 0.15) is 5.82 Å². The van der Waals surface area contributed by atoms with Crippen molar-refractivity contribution in [2.45, 2.75) is 18.6 Å². The minimum atomic E-state index is -5.90. The fourth-order valence-corrected chi connectivity index (χ4v) is 1.19. The van der Waals surface area contributed by atoms with Crippen LogP contribution in [0.5, 0.6) is 0 Å². The van der Waals surface area contributed by atoms with Crippen molar-refractivity contribution in [3.63, 3.8) is 0 Å². The lowest BCUT2D eigenvalue weighted by Crippen LogP contribution is -2.50. The second-order valence-corrected chi connectivity index (χ2v) is 3.69. The summed E-state index contributed by atoms with van der Waals surface area (Å²) in [4.78, 5) is 15.1. The van der Waals surface area contributed by atoms with Crippen molar-refractivity contribution >= 4 is 5.91 Å². The molecule has 102 valence electrons. The molecule has 18 heavy (non-hydrogen) atoms. The third-order valence-electron chi connectivity index (χ3n) is 2.27. The van der Waals surface area contributed by atoms with Crippen molar-refractivity contribution in [3.05, 3.63) is 18.2 Å². The zero-order chi connectivity index (χ0) is 14.1. The van der Waals surface area contributed by atoms with Crippen LogP contribution in [-0.2, 0) is 18.4 Å². The van der Waals surface area contributed by atoms with Crippen LogP contribution in [0.4, 0.5) is 22.0 Å². The summed E-state index contributed by atoms with van der Waals surface area (Å²) < 4.78 is 62.9. The van der Waals surface area contributed by atoms with E-state index in [0.29, 0.717) is 0 Å². The molecule has 0 unspecified atom stereocenters. The van der Waals surface area contributed by atoms with Crippen LogP contribution in [-0.4, -0.2) is 39.5 Å². The summed E-state index contributed by atoms with van der Waals surface area (Å²) in [5, 5.41) is 0. The van der Waals surface area contributed by atoms with Crippen LogP contribution in [0.15, 0.2) is 12.4 Å². The maximum atomic E-state index is 12.8. The molecule has 0 saturated heterocycles. The van der Waals surface area contributed by atoms with Crippen LogP contribution in [0.25, 0.3) is 0 Å². The maximum Gasteiger partial charge on any atom is 0.463 e. The third-order valence-corrected chi connectivity index (χ3v) is 2.27. The molecule has 0 spiro atoms. The first-order valence-electron chi connectivity index (χ1n) is 4.73. The number of aromatic nitrogens is 2. The van der Waals surface area contributed by atoms with Crippen molar-refractivity contribution in [1.82, 2.24) is 14.5 Å². The maximum absolute atomic E-state index is 12.8. The molecule has 1 amide bonds. The molecule has 1 heterocycles. The van der Waals surface area contributed by atoms with Crippen LogP contribution >= 0.6 is 0 Å². The van der Waals surface area contributed by atoms with Gasteiger partial charge in [0, 0.05) is 26.5 Å². The summed E-state index contributed by atoms with van der Waals surface area (Å²) in [6, 6.07) is 0. The predicted octanol–water partition coefficient (Wildman–Crippen LogP) is 1.58. The smallest absolute Gasteiger partial charge is 0.337 e. The highest BCUT2D eigenvalue weighted by molar-refractivity contribution is 5.84. The van der Waals surface area contributed by atoms with E-state index >= 15 is 0 Å². The SMILES string of the molecule is CN(Cc1nccn1C)C(=O)C(F)(F)C(F)(F)F. The van der Waals surface area contributed by atoms with E-state index in [1.165, 1.54) is 24.0 Å². The summed E-state index contributed by atoms with van der Waals surface area (Å²) in [5.41, 5.74) is 0. The van der Waals surface area contributed by atoms with E-state index < -0.39 is 24.6 Å². The van der Waals surface area contributed by atoms with Crippen molar-refractivity contribution in [3.8, 4) is 0 Å². The molecule has 0 saturated carbocycles. The van der Waals surface area contributed by atoms with E-state index in [2.05, 4.69) is 4.98 Å². The Bertz CT molecular complexity index is 440. The molecule has 1 aromatic heterocycles. The molecule has 0 bridgehead atoms. The summed E-state index contributed by atoms with van der Waals surface area (Å²) in [5.74, 6) is -7.51. The molecule has 1 rings (SSSR count). The molecular formula is C9H10F5N3O. The Morgan fingerprint density at radius 3 is 2.33 bits per heavy atom. The summed E-state index contributed by atoms with van der Waals surface area (Å²) >= 11 is 0. The van der Waals surface area contributed by atoms with Gasteiger partial charge in [0.1, 0.15) is 5.82 Å². The summed E-state index contributed by atoms with van der Waals surface area (Å²) in [6.07, 6.45) is -3.08. The number of aryl methyl sites for hydroxylation is 1. The van der Waals surface area contributed by atoms with Crippen molar-refractivity contribution in [2.75, 3.05) is 7.05 Å². The topological polar surface area (TPSA) is 38.1 Å². The van der Waals surface area contributed by atoms with Gasteiger partial charge in [-0.25, -0.2) is 4.98 Å². The lowest BCUT2D eigenvalue weighted by molar-refractivity contribution is -0.274. The number of rotatable bonds is 3. The van der Waals surface area contributed by atoms with Crippen LogP contribution < -0.4 is 0 Å². The van der Waals surface area contributed by atoms with Crippen molar-refractivity contribution < 1.29 is 26.7 Å². The van der Waals surface area contributed by atoms with Crippen LogP contribution in [0.2, 0.25) is 0 Å². The number of carbonyl (C=O) groups is 1. The average Bonchev–Trinajstić information content (AvgIpc) is 2.61. The number of imidazole rings is 1. The van der Waals surface area contributed by atoms with Gasteiger partial charge in [0.2, 0.25) is 0 Å². The van der Waals surface area contributed by atoms with Crippen LogP contribution in [0.3, 0.4) is 0 Å². The number of amides is 1. The lowest BCUT2D eigenvalue weighted by atomic mass is 10.3. The Balaban J connectivity index is 2.83. The molecular weight excluding hydrogens is 261 g/mol. The summed E-state index contributed by atoms with van der Waals surface area (Å²) in [6.45, 7) is -0.437. The Labute approximate surface area is 99.0 Å². The Kier molecular flexibility index (Phi) is 3.63. The van der Waals surface area contributed by atoms with Gasteiger partial charge in [0.05, 0.1) is 6.54 Å². The van der Waals surface area contributed by atoms with E-state index in [1.54, 1.807) is 0 Å². The van der Waals surface area contributed by atoms with Crippen molar-refractivity contribution in [2.24, 2.45) is 7.05 Å². The number of hydrogen-bond donors (Lipinski definition) is 0. The third kappa shape index (κ3) is 2.59. The molecule has 0 aromatic carbocycles. The van der Waals surface area contributed by atoms with Crippen molar-refractivity contribution in [1.29, 1.82) is 0 Å². The van der Waals surface area contributed by atoms with Gasteiger partial charge in [0.15, 0.2) is 0 Å². The number of alkyl halides is 5. The second kappa shape index (κ2) is 4.54. The van der Waals surface area contributed by atoms with E-state index in [9.17, 15) is 26.7 Å². The molecule has 0 N–H and O–H groups in total. The molecule has 4 nitrogen and oxygen atoms in total. The first-order chi connectivity index (χ1) is 8.07. The van der Waals surface area contributed by atoms with E-state index in [0.717, 1.165) is 7.05 Å². The monoisotopic (exact) mass is 271 g/mol.